The Morgan fingerprint density at radius 3 is 2.58 bits per heavy atom. The first-order valence-corrected chi connectivity index (χ1v) is 13.1. The van der Waals surface area contributed by atoms with Gasteiger partial charge in [-0.3, -0.25) is 4.99 Å². The molecule has 2 fully saturated rings. The Morgan fingerprint density at radius 2 is 1.83 bits per heavy atom. The van der Waals surface area contributed by atoms with E-state index >= 15 is 0 Å². The lowest BCUT2D eigenvalue weighted by atomic mass is 9.90. The number of anilines is 3. The molecule has 1 aromatic heterocycles. The average molecular weight is 491 g/mol. The first-order valence-electron chi connectivity index (χ1n) is 13.1. The van der Waals surface area contributed by atoms with Gasteiger partial charge in [-0.2, -0.15) is 9.97 Å². The number of nitrogen functional groups attached to an aromatic ring is 1. The minimum atomic E-state index is -0.121. The number of hydrogen-bond acceptors (Lipinski definition) is 9. The average Bonchev–Trinajstić information content (AvgIpc) is 2.89. The lowest BCUT2D eigenvalue weighted by Crippen LogP contribution is -2.45. The van der Waals surface area contributed by atoms with E-state index in [1.807, 2.05) is 6.21 Å². The minimum absolute atomic E-state index is 0.121. The van der Waals surface area contributed by atoms with Crippen LogP contribution in [-0.4, -0.2) is 85.8 Å². The minimum Gasteiger partial charge on any atom is -0.381 e. The van der Waals surface area contributed by atoms with Crippen molar-refractivity contribution in [1.82, 2.24) is 14.9 Å². The second kappa shape index (κ2) is 10.9. The van der Waals surface area contributed by atoms with Crippen LogP contribution in [0.3, 0.4) is 0 Å². The molecule has 0 spiro atoms. The predicted octanol–water partition coefficient (Wildman–Crippen LogP) is 2.74. The Kier molecular flexibility index (Phi) is 7.48. The van der Waals surface area contributed by atoms with E-state index in [9.17, 15) is 0 Å². The van der Waals surface area contributed by atoms with Crippen molar-refractivity contribution in [3.63, 3.8) is 0 Å². The highest BCUT2D eigenvalue weighted by Crippen LogP contribution is 2.31. The lowest BCUT2D eigenvalue weighted by molar-refractivity contribution is 0.0872. The number of hydrogen-bond donors (Lipinski definition) is 2. The number of benzene rings is 1. The molecule has 4 heterocycles. The number of aliphatic imine (C=N–C) groups is 1. The highest BCUT2D eigenvalue weighted by atomic mass is 16.5. The van der Waals surface area contributed by atoms with E-state index in [0.29, 0.717) is 18.0 Å². The summed E-state index contributed by atoms with van der Waals surface area (Å²) < 4.78 is 5.44. The molecular formula is C27H38N8O. The van der Waals surface area contributed by atoms with Crippen LogP contribution in [0.25, 0.3) is 0 Å². The summed E-state index contributed by atoms with van der Waals surface area (Å²) in [5.74, 6) is 1.99. The maximum Gasteiger partial charge on any atom is 0.223 e. The zero-order valence-corrected chi connectivity index (χ0v) is 21.4. The number of fused-ring (bicyclic) bond motifs is 1. The Balaban J connectivity index is 1.36. The lowest BCUT2D eigenvalue weighted by Gasteiger charge is -2.37. The third-order valence-corrected chi connectivity index (χ3v) is 7.67. The molecular weight excluding hydrogens is 452 g/mol. The molecule has 0 amide bonds. The van der Waals surface area contributed by atoms with E-state index in [4.69, 9.17) is 20.9 Å². The second-order valence-electron chi connectivity index (χ2n) is 10.3. The molecule has 5 rings (SSSR count). The van der Waals surface area contributed by atoms with Gasteiger partial charge >= 0.3 is 0 Å². The standard InChI is InChI=1S/C27H38N8O/c1-19-13-20-3-4-21(23(16-28)17-30-24-5-11-36-12-6-24)14-22(20)18-35(19)26-15-25(31-27(29)32-26)34-9-7-33(2)8-10-34/h3-4,14-17,19,23-24,28H,5-13,18H2,1-2H3,(H2,29,31,32). The zero-order valence-electron chi connectivity index (χ0n) is 21.4. The number of aromatic nitrogens is 2. The van der Waals surface area contributed by atoms with Gasteiger partial charge in [0.15, 0.2) is 0 Å². The highest BCUT2D eigenvalue weighted by Gasteiger charge is 2.27. The largest absolute Gasteiger partial charge is 0.381 e. The van der Waals surface area contributed by atoms with Crippen molar-refractivity contribution < 1.29 is 4.74 Å². The summed E-state index contributed by atoms with van der Waals surface area (Å²) in [6, 6.07) is 9.31. The fourth-order valence-electron chi connectivity index (χ4n) is 5.33. The number of rotatable bonds is 6. The Hall–Kier alpha value is -3.04. The second-order valence-corrected chi connectivity index (χ2v) is 10.3. The zero-order chi connectivity index (χ0) is 25.1. The van der Waals surface area contributed by atoms with E-state index in [-0.39, 0.29) is 5.92 Å². The van der Waals surface area contributed by atoms with E-state index in [1.54, 1.807) is 0 Å². The summed E-state index contributed by atoms with van der Waals surface area (Å²) in [5.41, 5.74) is 9.92. The third-order valence-electron chi connectivity index (χ3n) is 7.67. The van der Waals surface area contributed by atoms with Crippen molar-refractivity contribution in [3.8, 4) is 0 Å². The maximum absolute atomic E-state index is 8.03. The Morgan fingerprint density at radius 1 is 1.08 bits per heavy atom. The monoisotopic (exact) mass is 490 g/mol. The number of nitrogens with one attached hydrogen (secondary N) is 1. The maximum atomic E-state index is 8.03. The van der Waals surface area contributed by atoms with Gasteiger partial charge in [-0.15, -0.1) is 0 Å². The Labute approximate surface area is 213 Å². The van der Waals surface area contributed by atoms with Crippen LogP contribution in [0.5, 0.6) is 0 Å². The van der Waals surface area contributed by atoms with Crippen molar-refractivity contribution >= 4 is 30.0 Å². The molecule has 0 bridgehead atoms. The van der Waals surface area contributed by atoms with Crippen LogP contribution in [0.4, 0.5) is 17.6 Å². The van der Waals surface area contributed by atoms with Crippen molar-refractivity contribution in [2.24, 2.45) is 4.99 Å². The van der Waals surface area contributed by atoms with Gasteiger partial charge in [-0.1, -0.05) is 18.2 Å². The summed E-state index contributed by atoms with van der Waals surface area (Å²) in [4.78, 5) is 20.9. The Bertz CT molecular complexity index is 1090. The number of likely N-dealkylation sites (N-methyl/N-ethyl adjacent to an activating group) is 1. The summed E-state index contributed by atoms with van der Waals surface area (Å²) in [6.45, 7) is 8.45. The molecule has 0 radical (unpaired) electrons. The highest BCUT2D eigenvalue weighted by molar-refractivity contribution is 5.89. The quantitative estimate of drug-likeness (QED) is 0.600. The molecule has 2 saturated heterocycles. The van der Waals surface area contributed by atoms with E-state index < -0.39 is 0 Å². The van der Waals surface area contributed by atoms with Gasteiger partial charge in [0.05, 0.1) is 12.0 Å². The molecule has 192 valence electrons. The molecule has 1 aromatic carbocycles. The summed E-state index contributed by atoms with van der Waals surface area (Å²) >= 11 is 0. The van der Waals surface area contributed by atoms with E-state index in [0.717, 1.165) is 82.4 Å². The van der Waals surface area contributed by atoms with Crippen LogP contribution >= 0.6 is 0 Å². The molecule has 9 heteroatoms. The number of piperazine rings is 1. The van der Waals surface area contributed by atoms with Gasteiger partial charge in [0.2, 0.25) is 5.95 Å². The smallest absolute Gasteiger partial charge is 0.223 e. The topological polar surface area (TPSA) is 107 Å². The van der Waals surface area contributed by atoms with Crippen LogP contribution < -0.4 is 15.5 Å². The molecule has 0 aliphatic carbocycles. The fraction of sp³-hybridized carbons (Fsp3) is 0.556. The number of ether oxygens (including phenoxy) is 1. The van der Waals surface area contributed by atoms with Gasteiger partial charge in [0.25, 0.3) is 0 Å². The molecule has 36 heavy (non-hydrogen) atoms. The van der Waals surface area contributed by atoms with Crippen molar-refractivity contribution in [1.29, 1.82) is 5.41 Å². The van der Waals surface area contributed by atoms with Gasteiger partial charge < -0.3 is 30.6 Å². The summed E-state index contributed by atoms with van der Waals surface area (Å²) in [5, 5.41) is 8.03. The van der Waals surface area contributed by atoms with Crippen LogP contribution in [0.15, 0.2) is 29.3 Å². The van der Waals surface area contributed by atoms with E-state index in [1.165, 1.54) is 17.3 Å². The van der Waals surface area contributed by atoms with Crippen LogP contribution in [0, 0.1) is 5.41 Å². The SMILES string of the molecule is CC1Cc2ccc(C(C=N)C=NC3CCOCC3)cc2CN1c1cc(N2CCN(C)CC2)nc(N)n1. The van der Waals surface area contributed by atoms with Gasteiger partial charge in [0.1, 0.15) is 11.6 Å². The van der Waals surface area contributed by atoms with Gasteiger partial charge in [-0.25, -0.2) is 0 Å². The summed E-state index contributed by atoms with van der Waals surface area (Å²) in [6.07, 6.45) is 6.28. The number of nitrogens with two attached hydrogens (primary N) is 1. The molecule has 3 aliphatic rings. The normalized spacial score (nSPS) is 22.6. The van der Waals surface area contributed by atoms with Crippen molar-refractivity contribution in [3.05, 3.63) is 41.0 Å². The van der Waals surface area contributed by atoms with Crippen LogP contribution in [-0.2, 0) is 17.7 Å². The van der Waals surface area contributed by atoms with Gasteiger partial charge in [0, 0.05) is 70.5 Å². The fourth-order valence-corrected chi connectivity index (χ4v) is 5.33. The van der Waals surface area contributed by atoms with E-state index in [2.05, 4.69) is 62.9 Å². The predicted molar refractivity (Wildman–Crippen MR) is 146 cm³/mol. The van der Waals surface area contributed by atoms with Crippen LogP contribution in [0.1, 0.15) is 42.4 Å². The molecule has 2 unspecified atom stereocenters. The summed E-state index contributed by atoms with van der Waals surface area (Å²) in [7, 11) is 2.15. The molecule has 0 saturated carbocycles. The van der Waals surface area contributed by atoms with Gasteiger partial charge in [-0.05, 0) is 49.9 Å². The molecule has 2 aromatic rings. The third kappa shape index (κ3) is 5.52. The van der Waals surface area contributed by atoms with Crippen molar-refractivity contribution in [2.75, 3.05) is 62.0 Å². The van der Waals surface area contributed by atoms with Crippen LogP contribution in [0.2, 0.25) is 0 Å². The van der Waals surface area contributed by atoms with Crippen molar-refractivity contribution in [2.45, 2.75) is 50.7 Å². The molecule has 9 nitrogen and oxygen atoms in total. The number of nitrogens with zero attached hydrogens (tertiary/aromatic N) is 6. The molecule has 3 aliphatic heterocycles. The molecule has 3 N–H and O–H groups in total. The molecule has 2 atom stereocenters. The first-order chi connectivity index (χ1) is 17.5. The first kappa shape index (κ1) is 24.6.